The molecule has 1 unspecified atom stereocenters. The molecule has 2 aliphatic rings. The first-order valence-electron chi connectivity index (χ1n) is 9.03. The van der Waals surface area contributed by atoms with Crippen LogP contribution in [0.4, 0.5) is 0 Å². The Morgan fingerprint density at radius 1 is 1.16 bits per heavy atom. The third-order valence-corrected chi connectivity index (χ3v) is 7.32. The number of rotatable bonds is 4. The minimum Gasteiger partial charge on any atom is -0.295 e. The van der Waals surface area contributed by atoms with E-state index in [9.17, 15) is 27.6 Å². The number of amides is 4. The van der Waals surface area contributed by atoms with Crippen LogP contribution in [0, 0.1) is 11.8 Å². The lowest BCUT2D eigenvalue weighted by atomic mass is 10.0. The number of aromatic nitrogens is 1. The third-order valence-electron chi connectivity index (χ3n) is 4.70. The highest BCUT2D eigenvalue weighted by Gasteiger charge is 2.44. The fraction of sp³-hybridized carbons (Fsp3) is 0.211. The SMILES string of the molecule is O=C1CCC(N2C(=O)c3ccc(C#CCNS(=O)(=O)c4ccns4)cc3C2=O)C(=O)N1. The fourth-order valence-corrected chi connectivity index (χ4v) is 4.93. The molecule has 0 bridgehead atoms. The Labute approximate surface area is 180 Å². The van der Waals surface area contributed by atoms with Crippen LogP contribution in [0.3, 0.4) is 0 Å². The molecular formula is C19H14N4O6S2. The number of nitrogens with zero attached hydrogens (tertiary/aromatic N) is 2. The maximum atomic E-state index is 12.8. The molecule has 31 heavy (non-hydrogen) atoms. The van der Waals surface area contributed by atoms with E-state index in [4.69, 9.17) is 0 Å². The first kappa shape index (κ1) is 20.9. The molecule has 0 saturated carbocycles. The van der Waals surface area contributed by atoms with Gasteiger partial charge in [0.15, 0.2) is 4.21 Å². The van der Waals surface area contributed by atoms with E-state index in [2.05, 4.69) is 26.3 Å². The summed E-state index contributed by atoms with van der Waals surface area (Å²) in [5.41, 5.74) is 0.653. The van der Waals surface area contributed by atoms with Gasteiger partial charge in [-0.1, -0.05) is 11.8 Å². The molecule has 10 nitrogen and oxygen atoms in total. The monoisotopic (exact) mass is 458 g/mol. The van der Waals surface area contributed by atoms with Crippen molar-refractivity contribution in [2.75, 3.05) is 6.54 Å². The number of carbonyl (C=O) groups excluding carboxylic acids is 4. The summed E-state index contributed by atoms with van der Waals surface area (Å²) in [5.74, 6) is 3.03. The number of nitrogens with one attached hydrogen (secondary N) is 2. The van der Waals surface area contributed by atoms with Crippen LogP contribution in [0.5, 0.6) is 0 Å². The quantitative estimate of drug-likeness (QED) is 0.480. The molecule has 1 saturated heterocycles. The minimum absolute atomic E-state index is 0.0397. The standard InChI is InChI=1S/C19H14N4O6S2/c24-15-6-5-14(17(25)22-15)23-18(26)12-4-3-11(10-13(12)19(23)27)2-1-8-21-31(28,29)16-7-9-20-30-16/h3-4,7,9-10,14,21H,5-6,8H2,(H,22,24,25). The second-order valence-electron chi connectivity index (χ2n) is 6.67. The van der Waals surface area contributed by atoms with Crippen molar-refractivity contribution >= 4 is 45.2 Å². The van der Waals surface area contributed by atoms with Gasteiger partial charge in [-0.05, 0) is 42.2 Å². The summed E-state index contributed by atoms with van der Waals surface area (Å²) < 4.78 is 30.2. The van der Waals surface area contributed by atoms with Crippen LogP contribution >= 0.6 is 11.5 Å². The molecule has 1 aromatic heterocycles. The third kappa shape index (κ3) is 3.98. The second kappa shape index (κ2) is 8.03. The number of hydrogen-bond donors (Lipinski definition) is 2. The van der Waals surface area contributed by atoms with E-state index < -0.39 is 39.7 Å². The van der Waals surface area contributed by atoms with E-state index in [1.165, 1.54) is 30.5 Å². The van der Waals surface area contributed by atoms with Gasteiger partial charge in [0.1, 0.15) is 6.04 Å². The van der Waals surface area contributed by atoms with Crippen molar-refractivity contribution in [3.05, 3.63) is 47.2 Å². The van der Waals surface area contributed by atoms with Crippen molar-refractivity contribution in [1.82, 2.24) is 19.3 Å². The Kier molecular flexibility index (Phi) is 5.40. The van der Waals surface area contributed by atoms with Gasteiger partial charge in [0.05, 0.1) is 17.7 Å². The van der Waals surface area contributed by atoms with Gasteiger partial charge in [-0.15, -0.1) is 0 Å². The first-order chi connectivity index (χ1) is 14.8. The van der Waals surface area contributed by atoms with E-state index in [0.717, 1.165) is 16.4 Å². The molecule has 0 spiro atoms. The highest BCUT2D eigenvalue weighted by Crippen LogP contribution is 2.28. The summed E-state index contributed by atoms with van der Waals surface area (Å²) in [6.07, 6.45) is 1.49. The lowest BCUT2D eigenvalue weighted by Gasteiger charge is -2.27. The van der Waals surface area contributed by atoms with Crippen molar-refractivity contribution in [3.8, 4) is 11.8 Å². The summed E-state index contributed by atoms with van der Waals surface area (Å²) in [7, 11) is -3.69. The zero-order valence-corrected chi connectivity index (χ0v) is 17.4. The molecule has 0 radical (unpaired) electrons. The number of imide groups is 2. The van der Waals surface area contributed by atoms with Crippen LogP contribution in [-0.4, -0.2) is 53.9 Å². The number of sulfonamides is 1. The van der Waals surface area contributed by atoms with Crippen molar-refractivity contribution in [2.45, 2.75) is 23.1 Å². The average molecular weight is 458 g/mol. The second-order valence-corrected chi connectivity index (χ2v) is 9.49. The molecular weight excluding hydrogens is 444 g/mol. The lowest BCUT2D eigenvalue weighted by Crippen LogP contribution is -2.54. The van der Waals surface area contributed by atoms with Crippen molar-refractivity contribution in [2.24, 2.45) is 0 Å². The molecule has 1 atom stereocenters. The number of benzene rings is 1. The highest BCUT2D eigenvalue weighted by atomic mass is 32.2. The van der Waals surface area contributed by atoms with E-state index in [1.54, 1.807) is 0 Å². The zero-order valence-electron chi connectivity index (χ0n) is 15.7. The molecule has 3 heterocycles. The Morgan fingerprint density at radius 3 is 2.65 bits per heavy atom. The lowest BCUT2D eigenvalue weighted by molar-refractivity contribution is -0.136. The number of hydrogen-bond acceptors (Lipinski definition) is 8. The van der Waals surface area contributed by atoms with Crippen LogP contribution in [0.2, 0.25) is 0 Å². The van der Waals surface area contributed by atoms with E-state index in [-0.39, 0.29) is 34.7 Å². The van der Waals surface area contributed by atoms with Gasteiger partial charge in [0.25, 0.3) is 21.8 Å². The van der Waals surface area contributed by atoms with Gasteiger partial charge in [-0.25, -0.2) is 8.42 Å². The summed E-state index contributed by atoms with van der Waals surface area (Å²) >= 11 is 0.840. The molecule has 1 fully saturated rings. The maximum absolute atomic E-state index is 12.8. The molecule has 4 amide bonds. The Hall–Kier alpha value is -3.40. The Balaban J connectivity index is 1.49. The Bertz CT molecular complexity index is 1270. The first-order valence-corrected chi connectivity index (χ1v) is 11.3. The molecule has 2 aliphatic heterocycles. The minimum atomic E-state index is -3.69. The smallest absolute Gasteiger partial charge is 0.262 e. The molecule has 12 heteroatoms. The van der Waals surface area contributed by atoms with E-state index in [1.807, 2.05) is 0 Å². The summed E-state index contributed by atoms with van der Waals surface area (Å²) in [6.45, 7) is -0.160. The largest absolute Gasteiger partial charge is 0.295 e. The molecule has 2 N–H and O–H groups in total. The van der Waals surface area contributed by atoms with Gasteiger partial charge >= 0.3 is 0 Å². The molecule has 0 aliphatic carbocycles. The zero-order chi connectivity index (χ0) is 22.2. The number of fused-ring (bicyclic) bond motifs is 1. The topological polar surface area (TPSA) is 143 Å². The van der Waals surface area contributed by atoms with Crippen molar-refractivity contribution in [3.63, 3.8) is 0 Å². The maximum Gasteiger partial charge on any atom is 0.262 e. The number of carbonyl (C=O) groups is 4. The molecule has 1 aromatic carbocycles. The number of piperidine rings is 1. The van der Waals surface area contributed by atoms with Crippen LogP contribution in [0.1, 0.15) is 39.1 Å². The van der Waals surface area contributed by atoms with Crippen LogP contribution in [0.15, 0.2) is 34.7 Å². The highest BCUT2D eigenvalue weighted by molar-refractivity contribution is 7.91. The molecule has 2 aromatic rings. The van der Waals surface area contributed by atoms with E-state index >= 15 is 0 Å². The van der Waals surface area contributed by atoms with Gasteiger partial charge in [-0.2, -0.15) is 9.10 Å². The van der Waals surface area contributed by atoms with Gasteiger partial charge < -0.3 is 0 Å². The predicted octanol–water partition coefficient (Wildman–Crippen LogP) is -0.126. The van der Waals surface area contributed by atoms with Crippen LogP contribution < -0.4 is 10.0 Å². The summed E-state index contributed by atoms with van der Waals surface area (Å²) in [6, 6.07) is 4.72. The fourth-order valence-electron chi connectivity index (χ4n) is 3.24. The van der Waals surface area contributed by atoms with Crippen LogP contribution in [-0.2, 0) is 19.6 Å². The van der Waals surface area contributed by atoms with Gasteiger partial charge in [0, 0.05) is 18.2 Å². The predicted molar refractivity (Wildman–Crippen MR) is 107 cm³/mol. The van der Waals surface area contributed by atoms with Crippen molar-refractivity contribution < 1.29 is 27.6 Å². The average Bonchev–Trinajstić information content (AvgIpc) is 3.35. The molecule has 158 valence electrons. The van der Waals surface area contributed by atoms with Gasteiger partial charge in [-0.3, -0.25) is 29.4 Å². The van der Waals surface area contributed by atoms with E-state index in [0.29, 0.717) is 5.56 Å². The Morgan fingerprint density at radius 2 is 1.94 bits per heavy atom. The van der Waals surface area contributed by atoms with Crippen molar-refractivity contribution in [1.29, 1.82) is 0 Å². The summed E-state index contributed by atoms with van der Waals surface area (Å²) in [5, 5.41) is 2.14. The van der Waals surface area contributed by atoms with Gasteiger partial charge in [0.2, 0.25) is 11.8 Å². The van der Waals surface area contributed by atoms with Crippen LogP contribution in [0.25, 0.3) is 0 Å². The normalized spacial score (nSPS) is 18.5. The molecule has 4 rings (SSSR count). The summed E-state index contributed by atoms with van der Waals surface area (Å²) in [4.78, 5) is 49.7.